The summed E-state index contributed by atoms with van der Waals surface area (Å²) in [5.74, 6) is 2.49. The second-order valence-electron chi connectivity index (χ2n) is 7.10. The molecule has 8 nitrogen and oxygen atoms in total. The SMILES string of the molecule is CCc1nc(CN(C)c2nc(CCc3ccccc3)nc3c2CCNC3=O)no1. The van der Waals surface area contributed by atoms with Crippen molar-refractivity contribution in [3.8, 4) is 0 Å². The monoisotopic (exact) mass is 392 g/mol. The third kappa shape index (κ3) is 4.26. The maximum absolute atomic E-state index is 12.4. The number of nitrogens with zero attached hydrogens (tertiary/aromatic N) is 5. The normalized spacial score (nSPS) is 13.1. The van der Waals surface area contributed by atoms with Gasteiger partial charge in [-0.25, -0.2) is 9.97 Å². The summed E-state index contributed by atoms with van der Waals surface area (Å²) in [6, 6.07) is 10.2. The van der Waals surface area contributed by atoms with Crippen LogP contribution < -0.4 is 10.2 Å². The standard InChI is InChI=1S/C21H24N6O2/c1-3-18-23-17(26-29-18)13-27(2)20-15-11-12-22-21(28)19(15)24-16(25-20)10-9-14-7-5-4-6-8-14/h4-8H,3,9-13H2,1-2H3,(H,22,28). The third-order valence-corrected chi connectivity index (χ3v) is 4.94. The molecule has 0 radical (unpaired) electrons. The lowest BCUT2D eigenvalue weighted by atomic mass is 10.0. The zero-order chi connectivity index (χ0) is 20.2. The van der Waals surface area contributed by atoms with E-state index in [0.29, 0.717) is 55.6 Å². The van der Waals surface area contributed by atoms with Gasteiger partial charge in [-0.1, -0.05) is 42.4 Å². The van der Waals surface area contributed by atoms with Gasteiger partial charge in [-0.2, -0.15) is 4.98 Å². The predicted molar refractivity (Wildman–Crippen MR) is 108 cm³/mol. The highest BCUT2D eigenvalue weighted by Crippen LogP contribution is 2.24. The molecule has 29 heavy (non-hydrogen) atoms. The van der Waals surface area contributed by atoms with Gasteiger partial charge in [0.25, 0.3) is 5.91 Å². The second kappa shape index (κ2) is 8.38. The first kappa shape index (κ1) is 19.0. The van der Waals surface area contributed by atoms with Crippen molar-refractivity contribution in [3.05, 3.63) is 64.7 Å². The Morgan fingerprint density at radius 2 is 1.93 bits per heavy atom. The topological polar surface area (TPSA) is 97.0 Å². The van der Waals surface area contributed by atoms with E-state index in [1.807, 2.05) is 37.1 Å². The van der Waals surface area contributed by atoms with Crippen LogP contribution in [-0.2, 0) is 32.2 Å². The van der Waals surface area contributed by atoms with Crippen LogP contribution in [0.2, 0.25) is 0 Å². The van der Waals surface area contributed by atoms with Gasteiger partial charge in [0.2, 0.25) is 5.89 Å². The smallest absolute Gasteiger partial charge is 0.270 e. The van der Waals surface area contributed by atoms with Gasteiger partial charge in [-0.3, -0.25) is 4.79 Å². The Balaban J connectivity index is 1.61. The Labute approximate surface area is 169 Å². The number of aromatic nitrogens is 4. The number of benzene rings is 1. The Bertz CT molecular complexity index is 1000. The van der Waals surface area contributed by atoms with E-state index in [0.717, 1.165) is 17.8 Å². The molecule has 0 fully saturated rings. The number of carbonyl (C=O) groups is 1. The van der Waals surface area contributed by atoms with Crippen LogP contribution in [-0.4, -0.2) is 39.6 Å². The minimum absolute atomic E-state index is 0.142. The number of aryl methyl sites for hydroxylation is 3. The highest BCUT2D eigenvalue weighted by atomic mass is 16.5. The molecule has 1 aliphatic heterocycles. The number of rotatable bonds is 7. The number of fused-ring (bicyclic) bond motifs is 1. The van der Waals surface area contributed by atoms with Crippen molar-refractivity contribution in [2.45, 2.75) is 39.2 Å². The van der Waals surface area contributed by atoms with Crippen LogP contribution in [0.1, 0.15) is 46.1 Å². The molecule has 8 heteroatoms. The molecule has 3 aromatic rings. The minimum atomic E-state index is -0.142. The first-order valence-electron chi connectivity index (χ1n) is 9.88. The molecule has 1 aromatic carbocycles. The van der Waals surface area contributed by atoms with Crippen molar-refractivity contribution in [1.82, 2.24) is 25.4 Å². The number of hydrogen-bond acceptors (Lipinski definition) is 7. The molecule has 1 amide bonds. The van der Waals surface area contributed by atoms with Crippen LogP contribution in [0.15, 0.2) is 34.9 Å². The molecule has 0 unspecified atom stereocenters. The molecule has 0 spiro atoms. The van der Waals surface area contributed by atoms with Crippen LogP contribution in [0.25, 0.3) is 0 Å². The molecule has 0 bridgehead atoms. The van der Waals surface area contributed by atoms with E-state index in [2.05, 4.69) is 32.6 Å². The van der Waals surface area contributed by atoms with Crippen molar-refractivity contribution in [2.24, 2.45) is 0 Å². The number of hydrogen-bond donors (Lipinski definition) is 1. The van der Waals surface area contributed by atoms with Crippen LogP contribution in [0.4, 0.5) is 5.82 Å². The molecule has 1 aliphatic rings. The molecule has 0 aliphatic carbocycles. The van der Waals surface area contributed by atoms with Gasteiger partial charge in [0.1, 0.15) is 17.3 Å². The summed E-state index contributed by atoms with van der Waals surface area (Å²) >= 11 is 0. The van der Waals surface area contributed by atoms with E-state index >= 15 is 0 Å². The number of anilines is 1. The highest BCUT2D eigenvalue weighted by Gasteiger charge is 2.25. The fourth-order valence-electron chi connectivity index (χ4n) is 3.43. The maximum Gasteiger partial charge on any atom is 0.270 e. The Morgan fingerprint density at radius 3 is 2.69 bits per heavy atom. The predicted octanol–water partition coefficient (Wildman–Crippen LogP) is 2.13. The summed E-state index contributed by atoms with van der Waals surface area (Å²) < 4.78 is 5.21. The molecule has 1 N–H and O–H groups in total. The highest BCUT2D eigenvalue weighted by molar-refractivity contribution is 5.96. The van der Waals surface area contributed by atoms with Crippen molar-refractivity contribution >= 4 is 11.7 Å². The molecule has 150 valence electrons. The molecule has 0 saturated heterocycles. The van der Waals surface area contributed by atoms with Gasteiger partial charge < -0.3 is 14.7 Å². The summed E-state index contributed by atoms with van der Waals surface area (Å²) in [4.78, 5) is 28.2. The summed E-state index contributed by atoms with van der Waals surface area (Å²) in [5, 5.41) is 6.91. The summed E-state index contributed by atoms with van der Waals surface area (Å²) in [6.07, 6.45) is 2.87. The number of carbonyl (C=O) groups excluding carboxylic acids is 1. The average molecular weight is 392 g/mol. The van der Waals surface area contributed by atoms with Gasteiger partial charge in [-0.15, -0.1) is 0 Å². The number of amides is 1. The molecule has 3 heterocycles. The van der Waals surface area contributed by atoms with Crippen LogP contribution in [0, 0.1) is 0 Å². The Morgan fingerprint density at radius 1 is 1.10 bits per heavy atom. The molecular weight excluding hydrogens is 368 g/mol. The quantitative estimate of drug-likeness (QED) is 0.658. The zero-order valence-electron chi connectivity index (χ0n) is 16.7. The summed E-state index contributed by atoms with van der Waals surface area (Å²) in [6.45, 7) is 3.01. The second-order valence-corrected chi connectivity index (χ2v) is 7.10. The summed E-state index contributed by atoms with van der Waals surface area (Å²) in [7, 11) is 1.93. The van der Waals surface area contributed by atoms with E-state index in [4.69, 9.17) is 9.51 Å². The van der Waals surface area contributed by atoms with Crippen molar-refractivity contribution in [3.63, 3.8) is 0 Å². The van der Waals surface area contributed by atoms with E-state index in [-0.39, 0.29) is 5.91 Å². The molecule has 2 aromatic heterocycles. The van der Waals surface area contributed by atoms with Gasteiger partial charge >= 0.3 is 0 Å². The lowest BCUT2D eigenvalue weighted by Gasteiger charge is -2.24. The molecule has 0 saturated carbocycles. The summed E-state index contributed by atoms with van der Waals surface area (Å²) in [5.41, 5.74) is 2.56. The fourth-order valence-corrected chi connectivity index (χ4v) is 3.43. The first-order chi connectivity index (χ1) is 14.1. The third-order valence-electron chi connectivity index (χ3n) is 4.94. The van der Waals surface area contributed by atoms with E-state index < -0.39 is 0 Å². The number of nitrogens with one attached hydrogen (secondary N) is 1. The van der Waals surface area contributed by atoms with Gasteiger partial charge in [0.05, 0.1) is 6.54 Å². The van der Waals surface area contributed by atoms with E-state index in [9.17, 15) is 4.79 Å². The lowest BCUT2D eigenvalue weighted by molar-refractivity contribution is 0.0940. The molecule has 4 rings (SSSR count). The van der Waals surface area contributed by atoms with Gasteiger partial charge in [0, 0.05) is 32.0 Å². The van der Waals surface area contributed by atoms with Crippen LogP contribution >= 0.6 is 0 Å². The van der Waals surface area contributed by atoms with Crippen molar-refractivity contribution in [2.75, 3.05) is 18.5 Å². The maximum atomic E-state index is 12.4. The lowest BCUT2D eigenvalue weighted by Crippen LogP contribution is -2.35. The van der Waals surface area contributed by atoms with E-state index in [1.54, 1.807) is 0 Å². The minimum Gasteiger partial charge on any atom is -0.352 e. The van der Waals surface area contributed by atoms with Crippen LogP contribution in [0.3, 0.4) is 0 Å². The van der Waals surface area contributed by atoms with Crippen molar-refractivity contribution in [1.29, 1.82) is 0 Å². The van der Waals surface area contributed by atoms with E-state index in [1.165, 1.54) is 5.56 Å². The van der Waals surface area contributed by atoms with Crippen molar-refractivity contribution < 1.29 is 9.32 Å². The fraction of sp³-hybridized carbons (Fsp3) is 0.381. The Hall–Kier alpha value is -3.29. The van der Waals surface area contributed by atoms with Gasteiger partial charge in [-0.05, 0) is 18.4 Å². The van der Waals surface area contributed by atoms with Gasteiger partial charge in [0.15, 0.2) is 5.82 Å². The molecule has 0 atom stereocenters. The zero-order valence-corrected chi connectivity index (χ0v) is 16.7. The average Bonchev–Trinajstić information content (AvgIpc) is 3.20. The first-order valence-corrected chi connectivity index (χ1v) is 9.88. The van der Waals surface area contributed by atoms with Crippen LogP contribution in [0.5, 0.6) is 0 Å². The molecular formula is C21H24N6O2. The largest absolute Gasteiger partial charge is 0.352 e. The Kier molecular flexibility index (Phi) is 5.50.